The van der Waals surface area contributed by atoms with Crippen molar-refractivity contribution in [1.82, 2.24) is 4.90 Å². The Morgan fingerprint density at radius 2 is 2.14 bits per heavy atom. The first-order valence-electron chi connectivity index (χ1n) is 8.01. The van der Waals surface area contributed by atoms with Gasteiger partial charge in [0.05, 0.1) is 6.54 Å². The summed E-state index contributed by atoms with van der Waals surface area (Å²) < 4.78 is 0. The van der Waals surface area contributed by atoms with Gasteiger partial charge < -0.3 is 11.1 Å². The minimum Gasteiger partial charge on any atom is -0.327 e. The van der Waals surface area contributed by atoms with Crippen molar-refractivity contribution in [2.75, 3.05) is 25.0 Å². The highest BCUT2D eigenvalue weighted by atomic mass is 35.5. The number of rotatable bonds is 3. The van der Waals surface area contributed by atoms with Gasteiger partial charge in [0.15, 0.2) is 0 Å². The van der Waals surface area contributed by atoms with Crippen LogP contribution in [-0.4, -0.2) is 36.5 Å². The third-order valence-electron chi connectivity index (χ3n) is 4.81. The van der Waals surface area contributed by atoms with Crippen LogP contribution >= 0.6 is 12.4 Å². The van der Waals surface area contributed by atoms with Gasteiger partial charge in [0.1, 0.15) is 0 Å². The minimum absolute atomic E-state index is 0. The van der Waals surface area contributed by atoms with Crippen LogP contribution in [0.3, 0.4) is 0 Å². The highest BCUT2D eigenvalue weighted by Gasteiger charge is 2.24. The van der Waals surface area contributed by atoms with E-state index in [1.165, 1.54) is 24.0 Å². The fourth-order valence-corrected chi connectivity index (χ4v) is 3.45. The minimum atomic E-state index is 0. The number of nitrogens with one attached hydrogen (secondary N) is 1. The van der Waals surface area contributed by atoms with Crippen molar-refractivity contribution >= 4 is 24.0 Å². The number of aryl methyl sites for hydroxylation is 2. The van der Waals surface area contributed by atoms with Gasteiger partial charge in [-0.2, -0.15) is 0 Å². The van der Waals surface area contributed by atoms with Gasteiger partial charge in [-0.3, -0.25) is 9.69 Å². The molecule has 3 N–H and O–H groups in total. The van der Waals surface area contributed by atoms with Crippen molar-refractivity contribution < 1.29 is 4.79 Å². The molecule has 0 bridgehead atoms. The van der Waals surface area contributed by atoms with Crippen LogP contribution in [0, 0.1) is 5.92 Å². The monoisotopic (exact) mass is 323 g/mol. The van der Waals surface area contributed by atoms with Gasteiger partial charge in [0, 0.05) is 24.8 Å². The summed E-state index contributed by atoms with van der Waals surface area (Å²) in [4.78, 5) is 14.4. The summed E-state index contributed by atoms with van der Waals surface area (Å²) in [5.74, 6) is 0.544. The second-order valence-corrected chi connectivity index (χ2v) is 6.55. The number of hydrogen-bond donors (Lipinski definition) is 2. The Labute approximate surface area is 138 Å². The van der Waals surface area contributed by atoms with Crippen LogP contribution in [0.4, 0.5) is 5.69 Å². The number of nitrogens with two attached hydrogens (primary N) is 1. The number of carbonyl (C=O) groups is 1. The topological polar surface area (TPSA) is 58.4 Å². The zero-order valence-electron chi connectivity index (χ0n) is 13.2. The molecular formula is C17H26ClN3O. The van der Waals surface area contributed by atoms with Gasteiger partial charge in [-0.05, 0) is 54.9 Å². The van der Waals surface area contributed by atoms with E-state index in [0.29, 0.717) is 12.5 Å². The number of nitrogens with zero attached hydrogens (tertiary/aromatic N) is 1. The van der Waals surface area contributed by atoms with E-state index in [-0.39, 0.29) is 24.4 Å². The van der Waals surface area contributed by atoms with E-state index < -0.39 is 0 Å². The predicted octanol–water partition coefficient (Wildman–Crippen LogP) is 2.20. The van der Waals surface area contributed by atoms with Gasteiger partial charge in [-0.1, -0.05) is 13.0 Å². The zero-order valence-corrected chi connectivity index (χ0v) is 14.0. The predicted molar refractivity (Wildman–Crippen MR) is 92.5 cm³/mol. The molecule has 2 atom stereocenters. The van der Waals surface area contributed by atoms with Crippen molar-refractivity contribution in [1.29, 1.82) is 0 Å². The van der Waals surface area contributed by atoms with E-state index in [9.17, 15) is 4.79 Å². The Bertz CT molecular complexity index is 535. The Kier molecular flexibility index (Phi) is 5.84. The maximum atomic E-state index is 12.2. The van der Waals surface area contributed by atoms with Crippen molar-refractivity contribution in [3.05, 3.63) is 29.3 Å². The first kappa shape index (κ1) is 17.3. The average Bonchev–Trinajstić information content (AvgIpc) is 2.90. The van der Waals surface area contributed by atoms with E-state index in [2.05, 4.69) is 29.3 Å². The molecule has 1 aromatic carbocycles. The third kappa shape index (κ3) is 4.00. The summed E-state index contributed by atoms with van der Waals surface area (Å²) in [7, 11) is 0. The molecule has 1 aliphatic carbocycles. The summed E-state index contributed by atoms with van der Waals surface area (Å²) in [5, 5.41) is 3.03. The molecule has 122 valence electrons. The SMILES string of the molecule is CC1CN(CC(=O)Nc2ccc3c(c2)CCC3)CCC1N.Cl. The molecular weight excluding hydrogens is 298 g/mol. The first-order chi connectivity index (χ1) is 10.1. The standard InChI is InChI=1S/C17H25N3O.ClH/c1-12-10-20(8-7-16(12)18)11-17(21)19-15-6-5-13-3-2-4-14(13)9-15;/h5-6,9,12,16H,2-4,7-8,10-11,18H2,1H3,(H,19,21);1H. The number of likely N-dealkylation sites (tertiary alicyclic amines) is 1. The van der Waals surface area contributed by atoms with Crippen molar-refractivity contribution in [2.24, 2.45) is 11.7 Å². The summed E-state index contributed by atoms with van der Waals surface area (Å²) in [6, 6.07) is 6.59. The number of halogens is 1. The number of anilines is 1. The highest BCUT2D eigenvalue weighted by Crippen LogP contribution is 2.25. The van der Waals surface area contributed by atoms with Crippen LogP contribution in [-0.2, 0) is 17.6 Å². The molecule has 3 rings (SSSR count). The Morgan fingerprint density at radius 3 is 2.91 bits per heavy atom. The van der Waals surface area contributed by atoms with Crippen LogP contribution in [0.15, 0.2) is 18.2 Å². The largest absolute Gasteiger partial charge is 0.327 e. The lowest BCUT2D eigenvalue weighted by Crippen LogP contribution is -2.48. The Balaban J connectivity index is 0.00000176. The molecule has 1 saturated heterocycles. The molecule has 2 unspecified atom stereocenters. The van der Waals surface area contributed by atoms with Crippen molar-refractivity contribution in [3.63, 3.8) is 0 Å². The van der Waals surface area contributed by atoms with E-state index >= 15 is 0 Å². The molecule has 1 aromatic rings. The van der Waals surface area contributed by atoms with E-state index in [4.69, 9.17) is 5.73 Å². The number of carbonyl (C=O) groups excluding carboxylic acids is 1. The molecule has 0 aromatic heterocycles. The second-order valence-electron chi connectivity index (χ2n) is 6.55. The number of hydrogen-bond acceptors (Lipinski definition) is 3. The van der Waals surface area contributed by atoms with Crippen LogP contribution in [0.1, 0.15) is 30.9 Å². The summed E-state index contributed by atoms with van der Waals surface area (Å²) >= 11 is 0. The molecule has 0 spiro atoms. The van der Waals surface area contributed by atoms with Crippen molar-refractivity contribution in [2.45, 2.75) is 38.6 Å². The molecule has 22 heavy (non-hydrogen) atoms. The number of fused-ring (bicyclic) bond motifs is 1. The third-order valence-corrected chi connectivity index (χ3v) is 4.81. The molecule has 0 saturated carbocycles. The van der Waals surface area contributed by atoms with Gasteiger partial charge in [0.25, 0.3) is 0 Å². The van der Waals surface area contributed by atoms with E-state index in [0.717, 1.165) is 31.6 Å². The van der Waals surface area contributed by atoms with Gasteiger partial charge in [0.2, 0.25) is 5.91 Å². The van der Waals surface area contributed by atoms with E-state index in [1.54, 1.807) is 0 Å². The lowest BCUT2D eigenvalue weighted by molar-refractivity contribution is -0.117. The molecule has 0 radical (unpaired) electrons. The van der Waals surface area contributed by atoms with Gasteiger partial charge >= 0.3 is 0 Å². The average molecular weight is 324 g/mol. The van der Waals surface area contributed by atoms with Crippen LogP contribution in [0.2, 0.25) is 0 Å². The molecule has 1 heterocycles. The lowest BCUT2D eigenvalue weighted by atomic mass is 9.95. The maximum Gasteiger partial charge on any atom is 0.238 e. The van der Waals surface area contributed by atoms with Crippen LogP contribution in [0.5, 0.6) is 0 Å². The first-order valence-corrected chi connectivity index (χ1v) is 8.01. The molecule has 1 aliphatic heterocycles. The second kappa shape index (κ2) is 7.44. The van der Waals surface area contributed by atoms with Gasteiger partial charge in [-0.25, -0.2) is 0 Å². The quantitative estimate of drug-likeness (QED) is 0.896. The number of benzene rings is 1. The maximum absolute atomic E-state index is 12.2. The van der Waals surface area contributed by atoms with Crippen LogP contribution < -0.4 is 11.1 Å². The summed E-state index contributed by atoms with van der Waals surface area (Å²) in [6.07, 6.45) is 4.53. The molecule has 2 aliphatic rings. The fraction of sp³-hybridized carbons (Fsp3) is 0.588. The molecule has 4 nitrogen and oxygen atoms in total. The summed E-state index contributed by atoms with van der Waals surface area (Å²) in [6.45, 7) is 4.46. The lowest BCUT2D eigenvalue weighted by Gasteiger charge is -2.34. The normalized spacial score (nSPS) is 24.5. The molecule has 1 amide bonds. The zero-order chi connectivity index (χ0) is 14.8. The number of amides is 1. The molecule has 5 heteroatoms. The van der Waals surface area contributed by atoms with Crippen molar-refractivity contribution in [3.8, 4) is 0 Å². The van der Waals surface area contributed by atoms with Crippen LogP contribution in [0.25, 0.3) is 0 Å². The van der Waals surface area contributed by atoms with E-state index in [1.807, 2.05) is 6.07 Å². The fourth-order valence-electron chi connectivity index (χ4n) is 3.45. The molecule has 1 fully saturated rings. The highest BCUT2D eigenvalue weighted by molar-refractivity contribution is 5.92. The smallest absolute Gasteiger partial charge is 0.238 e. The van der Waals surface area contributed by atoms with Gasteiger partial charge in [-0.15, -0.1) is 12.4 Å². The Hall–Kier alpha value is -1.10. The summed E-state index contributed by atoms with van der Waals surface area (Å²) in [5.41, 5.74) is 9.78. The Morgan fingerprint density at radius 1 is 1.36 bits per heavy atom. The number of piperidine rings is 1.